The molecule has 0 fully saturated rings. The van der Waals surface area contributed by atoms with E-state index in [1.165, 1.54) is 18.2 Å². The van der Waals surface area contributed by atoms with Crippen LogP contribution in [0.2, 0.25) is 0 Å². The van der Waals surface area contributed by atoms with Crippen LogP contribution in [0, 0.1) is 19.7 Å². The van der Waals surface area contributed by atoms with Gasteiger partial charge in [0.1, 0.15) is 5.82 Å². The van der Waals surface area contributed by atoms with Crippen molar-refractivity contribution in [1.82, 2.24) is 8.55 Å². The predicted octanol–water partition coefficient (Wildman–Crippen LogP) is 3.49. The summed E-state index contributed by atoms with van der Waals surface area (Å²) in [6.07, 6.45) is 1.61. The fraction of sp³-hybridized carbons (Fsp3) is 0.160. The number of benzene rings is 2. The van der Waals surface area contributed by atoms with E-state index in [4.69, 9.17) is 4.74 Å². The van der Waals surface area contributed by atoms with E-state index in [2.05, 4.69) is 10.3 Å². The molecule has 3 heterocycles. The summed E-state index contributed by atoms with van der Waals surface area (Å²) in [6, 6.07) is 11.6. The molecule has 0 unspecified atom stereocenters. The van der Waals surface area contributed by atoms with Crippen LogP contribution < -0.4 is 10.9 Å². The Morgan fingerprint density at radius 2 is 1.97 bits per heavy atom. The molecule has 1 amide bonds. The maximum atomic E-state index is 13.7. The van der Waals surface area contributed by atoms with Crippen molar-refractivity contribution in [1.29, 1.82) is 0 Å². The fourth-order valence-corrected chi connectivity index (χ4v) is 6.18. The van der Waals surface area contributed by atoms with E-state index in [0.717, 1.165) is 4.26 Å². The number of aryl methyl sites for hydroxylation is 1. The van der Waals surface area contributed by atoms with Gasteiger partial charge in [-0.3, -0.25) is 0 Å². The minimum absolute atomic E-state index is 0.0406. The van der Waals surface area contributed by atoms with E-state index in [0.29, 0.717) is 51.3 Å². The summed E-state index contributed by atoms with van der Waals surface area (Å²) < 4.78 is 22.0. The van der Waals surface area contributed by atoms with Crippen molar-refractivity contribution in [3.63, 3.8) is 0 Å². The topological polar surface area (TPSA) is 93.2 Å². The molecule has 2 N–H and O–H groups in total. The second-order valence-electron chi connectivity index (χ2n) is 8.00. The Morgan fingerprint density at radius 3 is 2.76 bits per heavy atom. The number of hydrogen-bond acceptors (Lipinski definition) is 4. The number of anilines is 1. The molecular weight excluding hydrogens is 504 g/mol. The number of nitrogens with zero attached hydrogens (tertiary/aromatic N) is 1. The second kappa shape index (κ2) is 8.59. The average molecular weight is 524 g/mol. The van der Waals surface area contributed by atoms with E-state index in [1.807, 2.05) is 24.3 Å². The van der Waals surface area contributed by atoms with Gasteiger partial charge in [0.05, 0.1) is 0 Å². The van der Waals surface area contributed by atoms with Gasteiger partial charge in [0.15, 0.2) is 0 Å². The Bertz CT molecular complexity index is 1560. The molecule has 0 saturated carbocycles. The van der Waals surface area contributed by atoms with Gasteiger partial charge in [-0.25, -0.2) is 4.39 Å². The maximum absolute atomic E-state index is 13.7. The van der Waals surface area contributed by atoms with E-state index in [9.17, 15) is 18.8 Å². The third-order valence-electron chi connectivity index (χ3n) is 5.81. The number of halogens is 1. The number of rotatable bonds is 5. The summed E-state index contributed by atoms with van der Waals surface area (Å²) >= 11 is -0.128. The van der Waals surface area contributed by atoms with Crippen molar-refractivity contribution in [3.8, 4) is 0 Å². The van der Waals surface area contributed by atoms with Crippen molar-refractivity contribution >= 4 is 53.6 Å². The molecule has 9 heteroatoms. The number of fused-ring (bicyclic) bond motifs is 2. The molecule has 0 spiro atoms. The van der Waals surface area contributed by atoms with Gasteiger partial charge in [-0.1, -0.05) is 0 Å². The Balaban J connectivity index is 1.35. The summed E-state index contributed by atoms with van der Waals surface area (Å²) in [4.78, 5) is 40.9. The molecule has 7 nitrogen and oxygen atoms in total. The van der Waals surface area contributed by atoms with Crippen LogP contribution in [0.3, 0.4) is 0 Å². The Kier molecular flexibility index (Phi) is 5.59. The van der Waals surface area contributed by atoms with Crippen molar-refractivity contribution in [2.45, 2.75) is 20.4 Å². The zero-order valence-electron chi connectivity index (χ0n) is 18.4. The Labute approximate surface area is 199 Å². The normalized spacial score (nSPS) is 14.0. The first-order chi connectivity index (χ1) is 16.3. The molecule has 1 aliphatic heterocycles. The molecule has 0 radical (unpaired) electrons. The molecule has 2 aromatic carbocycles. The van der Waals surface area contributed by atoms with Crippen LogP contribution in [-0.2, 0) is 16.1 Å². The number of hydrogen-bond donors (Lipinski definition) is 2. The number of nitrogens with one attached hydrogen (secondary N) is 2. The second-order valence-corrected chi connectivity index (χ2v) is 10.2. The third-order valence-corrected chi connectivity index (χ3v) is 8.17. The Morgan fingerprint density at radius 1 is 1.18 bits per heavy atom. The van der Waals surface area contributed by atoms with Crippen LogP contribution in [0.4, 0.5) is 10.1 Å². The standard InChI is InChI=1S/C25H20FN3O4Se/c1-13-20(12-18-17-11-15(26)7-8-19(17)28-23(18)30)27-14(2)22(13)25(32)33-10-9-29-24(31)16-5-3-4-6-21(16)34-29/h3-8,11-12,27H,9-10H2,1-2H3,(H,28,30)/b18-12-. The monoisotopic (exact) mass is 525 g/mol. The summed E-state index contributed by atoms with van der Waals surface area (Å²) in [5, 5.41) is 3.42. The summed E-state index contributed by atoms with van der Waals surface area (Å²) in [5.74, 6) is -1.28. The van der Waals surface area contributed by atoms with Crippen molar-refractivity contribution < 1.29 is 18.7 Å². The first-order valence-electron chi connectivity index (χ1n) is 10.6. The number of aromatic amines is 1. The molecule has 0 saturated heterocycles. The molecular formula is C25H20FN3O4Se. The number of amides is 1. The van der Waals surface area contributed by atoms with Gasteiger partial charge in [-0.2, -0.15) is 0 Å². The molecule has 34 heavy (non-hydrogen) atoms. The summed E-state index contributed by atoms with van der Waals surface area (Å²) in [6.45, 7) is 3.91. The first-order valence-corrected chi connectivity index (χ1v) is 12.2. The molecule has 5 rings (SSSR count). The number of esters is 1. The first kappa shape index (κ1) is 22.1. The van der Waals surface area contributed by atoms with Crippen LogP contribution in [0.1, 0.15) is 32.9 Å². The van der Waals surface area contributed by atoms with Gasteiger partial charge in [-0.05, 0) is 12.1 Å². The zero-order valence-corrected chi connectivity index (χ0v) is 20.1. The van der Waals surface area contributed by atoms with Gasteiger partial charge < -0.3 is 0 Å². The quantitative estimate of drug-likeness (QED) is 0.238. The van der Waals surface area contributed by atoms with Gasteiger partial charge in [0.25, 0.3) is 0 Å². The number of carbonyl (C=O) groups is 2. The van der Waals surface area contributed by atoms with Crippen LogP contribution in [0.15, 0.2) is 47.3 Å². The number of carbonyl (C=O) groups excluding carboxylic acids is 2. The predicted molar refractivity (Wildman–Crippen MR) is 129 cm³/mol. The van der Waals surface area contributed by atoms with Crippen molar-refractivity contribution in [3.05, 3.63) is 86.7 Å². The number of ether oxygens (including phenoxy) is 1. The molecule has 2 aromatic heterocycles. The third kappa shape index (κ3) is 3.83. The van der Waals surface area contributed by atoms with Crippen LogP contribution >= 0.6 is 0 Å². The van der Waals surface area contributed by atoms with Crippen LogP contribution in [0.5, 0.6) is 0 Å². The summed E-state index contributed by atoms with van der Waals surface area (Å²) in [5.41, 5.74) is 3.46. The molecule has 0 atom stereocenters. The molecule has 4 aromatic rings. The van der Waals surface area contributed by atoms with Gasteiger partial charge in [0.2, 0.25) is 0 Å². The van der Waals surface area contributed by atoms with Crippen LogP contribution in [0.25, 0.3) is 21.3 Å². The van der Waals surface area contributed by atoms with E-state index in [-0.39, 0.29) is 32.8 Å². The van der Waals surface area contributed by atoms with E-state index < -0.39 is 11.8 Å². The van der Waals surface area contributed by atoms with E-state index >= 15 is 0 Å². The fourth-order valence-electron chi connectivity index (χ4n) is 4.13. The SMILES string of the molecule is Cc1[nH]c(/C=C2\C(=O)Nc3ccc(F)cc32)c(C)c1C(=O)OCCn1[se]c2ccccc2c1=O. The van der Waals surface area contributed by atoms with Crippen molar-refractivity contribution in [2.24, 2.45) is 0 Å². The molecule has 1 aliphatic rings. The molecule has 172 valence electrons. The number of H-pyrrole nitrogens is 1. The van der Waals surface area contributed by atoms with Gasteiger partial charge in [0, 0.05) is 0 Å². The zero-order chi connectivity index (χ0) is 24.0. The molecule has 0 aliphatic carbocycles. The minimum atomic E-state index is -0.505. The van der Waals surface area contributed by atoms with Gasteiger partial charge in [-0.15, -0.1) is 0 Å². The van der Waals surface area contributed by atoms with E-state index in [1.54, 1.807) is 23.5 Å². The summed E-state index contributed by atoms with van der Waals surface area (Å²) in [7, 11) is 0. The van der Waals surface area contributed by atoms with Gasteiger partial charge >= 0.3 is 178 Å². The van der Waals surface area contributed by atoms with Crippen LogP contribution in [-0.4, -0.2) is 41.8 Å². The van der Waals surface area contributed by atoms with Crippen molar-refractivity contribution in [2.75, 3.05) is 11.9 Å². The average Bonchev–Trinajstić information content (AvgIpc) is 3.39. The molecule has 0 bridgehead atoms. The number of aromatic nitrogens is 2. The Hall–Kier alpha value is -3.68.